The van der Waals surface area contributed by atoms with Gasteiger partial charge in [0.15, 0.2) is 0 Å². The van der Waals surface area contributed by atoms with Crippen molar-refractivity contribution < 1.29 is 13.2 Å². The first kappa shape index (κ1) is 21.8. The average molecular weight is 457 g/mol. The number of hydrogen-bond donors (Lipinski definition) is 1. The Morgan fingerprint density at radius 3 is 2.39 bits per heavy atom. The summed E-state index contributed by atoms with van der Waals surface area (Å²) in [6, 6.07) is 21.3. The van der Waals surface area contributed by atoms with Crippen molar-refractivity contribution in [1.82, 2.24) is 9.62 Å². The zero-order valence-electron chi connectivity index (χ0n) is 17.1. The third kappa shape index (κ3) is 5.26. The molecule has 0 spiro atoms. The molecule has 3 aromatic rings. The molecule has 1 amide bonds. The molecule has 7 heteroatoms. The Morgan fingerprint density at radius 2 is 1.65 bits per heavy atom. The second-order valence-electron chi connectivity index (χ2n) is 7.92. The van der Waals surface area contributed by atoms with E-state index in [0.717, 1.165) is 10.9 Å². The van der Waals surface area contributed by atoms with Gasteiger partial charge in [-0.05, 0) is 46.9 Å². The van der Waals surface area contributed by atoms with Crippen LogP contribution in [0.5, 0.6) is 0 Å². The summed E-state index contributed by atoms with van der Waals surface area (Å²) in [5, 5.41) is 5.78. The highest BCUT2D eigenvalue weighted by Gasteiger charge is 2.31. The Balaban J connectivity index is 1.30. The number of piperidine rings is 1. The molecular formula is C24H25ClN2O3S. The second-order valence-corrected chi connectivity index (χ2v) is 10.3. The van der Waals surface area contributed by atoms with Crippen LogP contribution in [-0.4, -0.2) is 31.7 Å². The maximum Gasteiger partial charge on any atom is 0.223 e. The molecule has 1 heterocycles. The van der Waals surface area contributed by atoms with Crippen molar-refractivity contribution in [3.8, 4) is 0 Å². The number of nitrogens with one attached hydrogen (secondary N) is 1. The first-order valence-electron chi connectivity index (χ1n) is 10.4. The Labute approximate surface area is 188 Å². The minimum Gasteiger partial charge on any atom is -0.352 e. The number of carbonyl (C=O) groups excluding carboxylic acids is 1. The van der Waals surface area contributed by atoms with Crippen LogP contribution in [0.1, 0.15) is 24.0 Å². The fraction of sp³-hybridized carbons (Fsp3) is 0.292. The fourth-order valence-corrected chi connectivity index (χ4v) is 5.86. The minimum atomic E-state index is -3.47. The van der Waals surface area contributed by atoms with Gasteiger partial charge in [0, 0.05) is 30.6 Å². The maximum atomic E-state index is 12.8. The number of carbonyl (C=O) groups is 1. The fourth-order valence-electron chi connectivity index (χ4n) is 3.98. The van der Waals surface area contributed by atoms with Gasteiger partial charge in [-0.25, -0.2) is 12.7 Å². The molecule has 162 valence electrons. The van der Waals surface area contributed by atoms with Crippen LogP contribution in [0, 0.1) is 5.92 Å². The molecule has 0 aliphatic carbocycles. The third-order valence-corrected chi connectivity index (χ3v) is 7.99. The summed E-state index contributed by atoms with van der Waals surface area (Å²) in [6.45, 7) is 1.16. The molecule has 1 aliphatic rings. The van der Waals surface area contributed by atoms with E-state index in [1.807, 2.05) is 18.2 Å². The molecule has 0 saturated carbocycles. The van der Waals surface area contributed by atoms with Gasteiger partial charge in [-0.2, -0.15) is 0 Å². The summed E-state index contributed by atoms with van der Waals surface area (Å²) in [5.41, 5.74) is 1.64. The van der Waals surface area contributed by atoms with Crippen molar-refractivity contribution >= 4 is 38.3 Å². The summed E-state index contributed by atoms with van der Waals surface area (Å²) in [6.07, 6.45) is 1.04. The summed E-state index contributed by atoms with van der Waals surface area (Å²) >= 11 is 6.12. The quantitative estimate of drug-likeness (QED) is 0.599. The summed E-state index contributed by atoms with van der Waals surface area (Å²) in [5.74, 6) is -0.311. The van der Waals surface area contributed by atoms with Crippen molar-refractivity contribution in [2.45, 2.75) is 25.1 Å². The number of sulfonamides is 1. The van der Waals surface area contributed by atoms with E-state index in [0.29, 0.717) is 43.1 Å². The van der Waals surface area contributed by atoms with E-state index in [2.05, 4.69) is 29.6 Å². The molecule has 1 aliphatic heterocycles. The van der Waals surface area contributed by atoms with Gasteiger partial charge in [-0.1, -0.05) is 66.2 Å². The van der Waals surface area contributed by atoms with Crippen LogP contribution in [0.3, 0.4) is 0 Å². The van der Waals surface area contributed by atoms with Crippen molar-refractivity contribution in [2.24, 2.45) is 5.92 Å². The van der Waals surface area contributed by atoms with Gasteiger partial charge in [-0.15, -0.1) is 0 Å². The largest absolute Gasteiger partial charge is 0.352 e. The topological polar surface area (TPSA) is 66.5 Å². The van der Waals surface area contributed by atoms with E-state index in [-0.39, 0.29) is 17.6 Å². The highest BCUT2D eigenvalue weighted by atomic mass is 35.5. The van der Waals surface area contributed by atoms with E-state index >= 15 is 0 Å². The summed E-state index contributed by atoms with van der Waals surface area (Å²) in [4.78, 5) is 12.6. The highest BCUT2D eigenvalue weighted by molar-refractivity contribution is 7.88. The Bertz CT molecular complexity index is 1190. The molecule has 0 radical (unpaired) electrons. The Morgan fingerprint density at radius 1 is 0.968 bits per heavy atom. The van der Waals surface area contributed by atoms with Gasteiger partial charge < -0.3 is 5.32 Å². The normalized spacial score (nSPS) is 15.8. The molecular weight excluding hydrogens is 432 g/mol. The molecule has 3 aromatic carbocycles. The molecule has 0 atom stereocenters. The lowest BCUT2D eigenvalue weighted by Gasteiger charge is -2.30. The van der Waals surface area contributed by atoms with E-state index in [1.165, 1.54) is 9.69 Å². The lowest BCUT2D eigenvalue weighted by molar-refractivity contribution is -0.126. The van der Waals surface area contributed by atoms with Crippen LogP contribution in [-0.2, 0) is 27.1 Å². The second kappa shape index (κ2) is 9.39. The highest BCUT2D eigenvalue weighted by Crippen LogP contribution is 2.24. The number of benzene rings is 3. The smallest absolute Gasteiger partial charge is 0.223 e. The molecule has 4 rings (SSSR count). The van der Waals surface area contributed by atoms with Gasteiger partial charge in [0.05, 0.1) is 5.75 Å². The number of amides is 1. The van der Waals surface area contributed by atoms with Gasteiger partial charge in [0.1, 0.15) is 0 Å². The first-order valence-corrected chi connectivity index (χ1v) is 12.4. The van der Waals surface area contributed by atoms with E-state index in [1.54, 1.807) is 24.3 Å². The van der Waals surface area contributed by atoms with E-state index < -0.39 is 10.0 Å². The Hall–Kier alpha value is -2.41. The van der Waals surface area contributed by atoms with Crippen LogP contribution >= 0.6 is 11.6 Å². The first-order chi connectivity index (χ1) is 14.9. The number of halogens is 1. The van der Waals surface area contributed by atoms with Gasteiger partial charge in [0.2, 0.25) is 15.9 Å². The lowest BCUT2D eigenvalue weighted by Crippen LogP contribution is -2.43. The zero-order chi connectivity index (χ0) is 21.8. The van der Waals surface area contributed by atoms with E-state index in [4.69, 9.17) is 11.6 Å². The number of nitrogens with zero attached hydrogens (tertiary/aromatic N) is 1. The van der Waals surface area contributed by atoms with Gasteiger partial charge in [-0.3, -0.25) is 4.79 Å². The SMILES string of the molecule is O=C(NCc1ccc2ccccc2c1)C1CCN(S(=O)(=O)Cc2ccccc2Cl)CC1. The summed E-state index contributed by atoms with van der Waals surface area (Å²) in [7, 11) is -3.47. The molecule has 31 heavy (non-hydrogen) atoms. The van der Waals surface area contributed by atoms with Gasteiger partial charge >= 0.3 is 0 Å². The van der Waals surface area contributed by atoms with Crippen LogP contribution in [0.4, 0.5) is 0 Å². The monoisotopic (exact) mass is 456 g/mol. The number of rotatable bonds is 6. The average Bonchev–Trinajstić information content (AvgIpc) is 2.79. The molecule has 1 fully saturated rings. The molecule has 1 saturated heterocycles. The maximum absolute atomic E-state index is 12.8. The third-order valence-electron chi connectivity index (χ3n) is 5.79. The van der Waals surface area contributed by atoms with Crippen LogP contribution in [0.25, 0.3) is 10.8 Å². The predicted octanol–water partition coefficient (Wildman–Crippen LogP) is 4.35. The molecule has 0 aromatic heterocycles. The summed E-state index contributed by atoms with van der Waals surface area (Å²) < 4.78 is 27.0. The van der Waals surface area contributed by atoms with Crippen molar-refractivity contribution in [3.63, 3.8) is 0 Å². The van der Waals surface area contributed by atoms with E-state index in [9.17, 15) is 13.2 Å². The predicted molar refractivity (Wildman–Crippen MR) is 124 cm³/mol. The van der Waals surface area contributed by atoms with Crippen LogP contribution in [0.2, 0.25) is 5.02 Å². The van der Waals surface area contributed by atoms with Crippen LogP contribution < -0.4 is 5.32 Å². The van der Waals surface area contributed by atoms with Crippen molar-refractivity contribution in [3.05, 3.63) is 82.9 Å². The Kier molecular flexibility index (Phi) is 6.60. The van der Waals surface area contributed by atoms with Crippen molar-refractivity contribution in [2.75, 3.05) is 13.1 Å². The minimum absolute atomic E-state index is 0.0173. The standard InChI is InChI=1S/C24H25ClN2O3S/c25-23-8-4-3-7-22(23)17-31(29,30)27-13-11-20(12-14-27)24(28)26-16-18-9-10-19-5-1-2-6-21(19)15-18/h1-10,15,20H,11-14,16-17H2,(H,26,28). The number of hydrogen-bond acceptors (Lipinski definition) is 3. The molecule has 5 nitrogen and oxygen atoms in total. The zero-order valence-corrected chi connectivity index (χ0v) is 18.7. The number of fused-ring (bicyclic) bond motifs is 1. The van der Waals surface area contributed by atoms with Crippen molar-refractivity contribution in [1.29, 1.82) is 0 Å². The molecule has 0 bridgehead atoms. The lowest BCUT2D eigenvalue weighted by atomic mass is 9.97. The molecule has 0 unspecified atom stereocenters. The molecule has 1 N–H and O–H groups in total. The van der Waals surface area contributed by atoms with Gasteiger partial charge in [0.25, 0.3) is 0 Å². The van der Waals surface area contributed by atoms with Crippen LogP contribution in [0.15, 0.2) is 66.7 Å².